The van der Waals surface area contributed by atoms with Gasteiger partial charge in [0.15, 0.2) is 35.3 Å². The number of carbonyl (C=O) groups is 10. The number of halogens is 2. The summed E-state index contributed by atoms with van der Waals surface area (Å²) in [6.07, 6.45) is -15.4. The van der Waals surface area contributed by atoms with Gasteiger partial charge in [-0.2, -0.15) is 0 Å². The number of primary amides is 1. The Labute approximate surface area is 767 Å². The Bertz CT molecular complexity index is 5130. The number of hydrogen-bond donors (Lipinski definition) is 24. The normalized spacial score (nSPS) is 25.6. The summed E-state index contributed by atoms with van der Waals surface area (Å²) in [7, 11) is -9.77. The highest BCUT2D eigenvalue weighted by molar-refractivity contribution is 7.70. The molecule has 8 amide bonds. The molecule has 47 heteroatoms. The van der Waals surface area contributed by atoms with Crippen LogP contribution >= 0.6 is 38.4 Å². The third kappa shape index (κ3) is 25.0. The number of rotatable bonds is 35. The number of carboxylic acids is 1. The van der Waals surface area contributed by atoms with E-state index in [9.17, 15) is 104 Å². The molecular weight excluding hydrogens is 1820 g/mol. The number of ether oxygens (including phenoxy) is 6. The van der Waals surface area contributed by atoms with Crippen molar-refractivity contribution in [2.75, 3.05) is 39.8 Å². The lowest BCUT2D eigenvalue weighted by Crippen LogP contribution is -2.67. The van der Waals surface area contributed by atoms with Crippen LogP contribution in [-0.2, 0) is 77.8 Å². The van der Waals surface area contributed by atoms with Gasteiger partial charge in [0, 0.05) is 49.2 Å². The smallest absolute Gasteiger partial charge is 0.340 e. The van der Waals surface area contributed by atoms with Crippen LogP contribution in [0.2, 0.25) is 10.0 Å². The van der Waals surface area contributed by atoms with Gasteiger partial charge in [-0.05, 0) is 129 Å². The van der Waals surface area contributed by atoms with E-state index in [1.807, 2.05) is 0 Å². The molecule has 7 aliphatic rings. The molecular formula is C85H113Cl2N11O32P2. The molecule has 18 atom stereocenters. The molecule has 0 radical (unpaired) electrons. The lowest BCUT2D eigenvalue weighted by atomic mass is 9.82. The molecule has 11 bridgehead atoms. The summed E-state index contributed by atoms with van der Waals surface area (Å²) in [4.78, 5) is 188. The number of carbonyl (C=O) groups excluding carboxylic acids is 9. The van der Waals surface area contributed by atoms with Gasteiger partial charge >= 0.3 is 21.2 Å². The number of nitrogens with two attached hydrogens (primary N) is 1. The molecule has 0 spiro atoms. The molecule has 0 aromatic heterocycles. The second-order valence-corrected chi connectivity index (χ2v) is 38.4. The van der Waals surface area contributed by atoms with Crippen LogP contribution in [0, 0.1) is 5.92 Å². The number of benzene rings is 5. The Hall–Kier alpha value is -9.80. The van der Waals surface area contributed by atoms with Gasteiger partial charge in [0.2, 0.25) is 59.3 Å². The van der Waals surface area contributed by atoms with Crippen molar-refractivity contribution < 1.29 is 156 Å². The van der Waals surface area contributed by atoms with E-state index < -0.39 is 311 Å². The number of aldehydes is 1. The minimum atomic E-state index is -5.61. The average molecular weight is 1930 g/mol. The van der Waals surface area contributed by atoms with Crippen LogP contribution < -0.4 is 67.8 Å². The third-order valence-electron chi connectivity index (χ3n) is 23.5. The van der Waals surface area contributed by atoms with Crippen LogP contribution in [0.3, 0.4) is 0 Å². The third-order valence-corrected chi connectivity index (χ3v) is 28.0. The van der Waals surface area contributed by atoms with Crippen LogP contribution in [0.5, 0.6) is 46.0 Å². The van der Waals surface area contributed by atoms with E-state index in [2.05, 4.69) is 54.8 Å². The Morgan fingerprint density at radius 3 is 1.89 bits per heavy atom. The minimum Gasteiger partial charge on any atom is -0.507 e. The fraction of sp³-hybridized carbons (Fsp3) is 0.529. The lowest BCUT2D eigenvalue weighted by molar-refractivity contribution is -0.337. The number of carboxylic acid groups (broad SMARTS) is 1. The first-order valence-electron chi connectivity index (χ1n) is 42.8. The number of hydrogen-bond acceptors (Lipinski definition) is 30. The predicted molar refractivity (Wildman–Crippen MR) is 467 cm³/mol. The number of nitrogens with zero attached hydrogens (tertiary/aromatic N) is 1. The SMILES string of the molecule is CCCCCCCCCCNCCN(C(=O)CCC(P(=O)(O)O)P(=O)(O)O)C1(C)CC(OC2C(Oc3c4cc5cc3Oc3ccc(cc3Cl)C(O)C3NC(=O)C(NC(=O)C5NC(=O)C(CC(N)=O)NC(=O)C(NC(=O)C(CC(C)C)NC)C(O)c5ccc(c(Cl)c5)O4)c4ccc(O)c(c4)-c4c(cc(O)c(CNCC=O)c4O)C(C(=O)O)NC3=O)OC(CO)C(O)C2O)OC(C)C1O. The largest absolute Gasteiger partial charge is 0.507 e. The maximum Gasteiger partial charge on any atom is 0.340 e. The number of fused-ring (bicyclic) bond motifs is 15. The first-order chi connectivity index (χ1) is 62.3. The second-order valence-electron chi connectivity index (χ2n) is 33.6. The standard InChI is InChI=1S/C85H113Cl2N11O32P2/c1-7-8-9-10-11-12-13-14-23-90-24-26-98(60(104)21-22-62(131(119,120)121)132(122,123)124)85(5)36-61(125-40(4)76(85)110)129-75-73(109)72(108)58(38-100)128-84(75)130-74-56-32-44-33-57(74)127-55-20-17-43(31-49(55)87)70(106)68-82(116)95-66(83(117)118)46-34-53(102)47(37-91-25-27-99)71(107)63(46)45-29-41(15-18-52(45)101)64(79(113)97-68)94-80(114)65(44)93-78(112)51(35-59(88)103)92-81(115)67(96-77(111)50(89-6)28-39(2)3)69(105)42-16-19-54(126-56)48(86)30-42/h15-20,27,29-34,39-40,50-51,58,61-62,64-70,72-73,75-76,84,89-91,100-102,105-110H,7-14,21-26,28,35-38H2,1-6H3,(H2,88,103)(H,92,115)(H,93,112)(H,94,114)(H,95,116)(H,96,111)(H,97,113)(H,117,118)(H2,119,120,121)(H2,122,123,124). The second kappa shape index (κ2) is 45.5. The van der Waals surface area contributed by atoms with Crippen molar-refractivity contribution in [2.45, 2.75) is 239 Å². The number of aliphatic hydroxyl groups is 6. The number of aliphatic hydroxyl groups excluding tert-OH is 6. The summed E-state index contributed by atoms with van der Waals surface area (Å²) in [6, 6.07) is -2.98. The van der Waals surface area contributed by atoms with Gasteiger partial charge in [0.05, 0.1) is 52.9 Å². The zero-order valence-electron chi connectivity index (χ0n) is 72.7. The monoisotopic (exact) mass is 1930 g/mol. The van der Waals surface area contributed by atoms with E-state index in [1.165, 1.54) is 20.9 Å². The molecule has 5 aromatic carbocycles. The van der Waals surface area contributed by atoms with E-state index >= 15 is 24.0 Å². The van der Waals surface area contributed by atoms with Crippen molar-refractivity contribution in [1.82, 2.24) is 52.8 Å². The van der Waals surface area contributed by atoms with Crippen LogP contribution in [0.15, 0.2) is 72.8 Å². The Morgan fingerprint density at radius 2 is 1.30 bits per heavy atom. The molecule has 25 N–H and O–H groups in total. The maximum atomic E-state index is 16.4. The van der Waals surface area contributed by atoms with Gasteiger partial charge in [-0.1, -0.05) is 107 Å². The van der Waals surface area contributed by atoms with Crippen LogP contribution in [0.4, 0.5) is 0 Å². The molecule has 2 saturated heterocycles. The van der Waals surface area contributed by atoms with Crippen molar-refractivity contribution in [3.05, 3.63) is 116 Å². The zero-order valence-corrected chi connectivity index (χ0v) is 76.0. The van der Waals surface area contributed by atoms with E-state index in [0.29, 0.717) is 19.3 Å². The maximum absolute atomic E-state index is 16.4. The number of unbranched alkanes of at least 4 members (excludes halogenated alkanes) is 7. The molecule has 0 saturated carbocycles. The predicted octanol–water partition coefficient (Wildman–Crippen LogP) is 2.46. The highest BCUT2D eigenvalue weighted by atomic mass is 35.5. The van der Waals surface area contributed by atoms with Crippen molar-refractivity contribution >= 4 is 97.9 Å². The van der Waals surface area contributed by atoms with E-state index in [-0.39, 0.29) is 43.1 Å². The molecule has 43 nitrogen and oxygen atoms in total. The van der Waals surface area contributed by atoms with Crippen LogP contribution in [-0.4, -0.2) is 259 Å². The summed E-state index contributed by atoms with van der Waals surface area (Å²) in [5.74, 6) is -18.6. The van der Waals surface area contributed by atoms with Crippen molar-refractivity contribution in [3.63, 3.8) is 0 Å². The lowest BCUT2D eigenvalue weighted by Gasteiger charge is -2.52. The summed E-state index contributed by atoms with van der Waals surface area (Å²) in [6.45, 7) is 6.58. The summed E-state index contributed by atoms with van der Waals surface area (Å²) in [5, 5.41) is 139. The quantitative estimate of drug-likeness (QED) is 0.0157. The van der Waals surface area contributed by atoms with Crippen LogP contribution in [0.1, 0.15) is 182 Å². The number of amides is 8. The molecule has 0 aliphatic carbocycles. The number of phenolic OH excluding ortho intramolecular Hbond substituents is 3. The topological polar surface area (TPSA) is 681 Å². The molecule has 2 fully saturated rings. The molecule has 724 valence electrons. The summed E-state index contributed by atoms with van der Waals surface area (Å²) in [5.41, 5.74) is -0.0747. The minimum absolute atomic E-state index is 0.00613. The first kappa shape index (κ1) is 104. The number of likely N-dealkylation sites (N-methyl/N-ethyl adjacent to an activating group) is 1. The van der Waals surface area contributed by atoms with Crippen molar-refractivity contribution in [3.8, 4) is 57.1 Å². The van der Waals surface area contributed by atoms with Gasteiger partial charge in [0.1, 0.15) is 102 Å². The van der Waals surface area contributed by atoms with Crippen molar-refractivity contribution in [2.24, 2.45) is 11.7 Å². The van der Waals surface area contributed by atoms with Gasteiger partial charge in [-0.15, -0.1) is 0 Å². The first-order valence-corrected chi connectivity index (χ1v) is 46.9. The van der Waals surface area contributed by atoms with E-state index in [4.69, 9.17) is 57.4 Å². The van der Waals surface area contributed by atoms with Gasteiger partial charge in [-0.3, -0.25) is 47.5 Å². The van der Waals surface area contributed by atoms with E-state index in [0.717, 1.165) is 123 Å². The molecule has 132 heavy (non-hydrogen) atoms. The number of phenols is 3. The highest BCUT2D eigenvalue weighted by Gasteiger charge is 2.55. The Kier molecular flexibility index (Phi) is 35.9. The molecule has 7 heterocycles. The van der Waals surface area contributed by atoms with Gasteiger partial charge < -0.3 is 162 Å². The number of aliphatic carboxylic acids is 1. The van der Waals surface area contributed by atoms with Crippen molar-refractivity contribution in [1.29, 1.82) is 0 Å². The Morgan fingerprint density at radius 1 is 0.705 bits per heavy atom. The fourth-order valence-corrected chi connectivity index (χ4v) is 19.5. The highest BCUT2D eigenvalue weighted by Crippen LogP contribution is 2.62. The molecule has 18 unspecified atom stereocenters. The summed E-state index contributed by atoms with van der Waals surface area (Å²) < 4.78 is 64.7. The van der Waals surface area contributed by atoms with Gasteiger partial charge in [-0.25, -0.2) is 4.79 Å². The van der Waals surface area contributed by atoms with Crippen LogP contribution in [0.25, 0.3) is 11.1 Å². The summed E-state index contributed by atoms with van der Waals surface area (Å²) >= 11 is 14.4. The number of nitrogens with one attached hydrogen (secondary N) is 9. The molecule has 12 rings (SSSR count). The molecule has 5 aromatic rings. The fourth-order valence-electron chi connectivity index (χ4n) is 16.5. The van der Waals surface area contributed by atoms with Gasteiger partial charge in [0.25, 0.3) is 0 Å². The number of aromatic hydroxyl groups is 3. The zero-order chi connectivity index (χ0) is 96.9. The van der Waals surface area contributed by atoms with E-state index in [1.54, 1.807) is 13.8 Å². The average Bonchev–Trinajstić information content (AvgIpc) is 0.760. The molecule has 7 aliphatic heterocycles. The Balaban J connectivity index is 1.19.